The Bertz CT molecular complexity index is 63.4. The third-order valence-corrected chi connectivity index (χ3v) is 0. The topological polar surface area (TPSA) is 86.2 Å². The summed E-state index contributed by atoms with van der Waals surface area (Å²) in [6.07, 6.45) is 0. The van der Waals surface area contributed by atoms with Gasteiger partial charge in [0.1, 0.15) is 0 Å². The molecule has 0 saturated carbocycles. The number of phosphoric acid groups is 1. The quantitative estimate of drug-likeness (QED) is 0.316. The van der Waals surface area contributed by atoms with Crippen molar-refractivity contribution in [3.05, 3.63) is 0 Å². The molecule has 0 aromatic carbocycles. The molecule has 0 fully saturated rings. The summed E-state index contributed by atoms with van der Waals surface area (Å²) in [6.45, 7) is 0. The molecule has 0 atom stereocenters. The maximum Gasteiger partial charge on any atom is 1.00 e. The van der Waals surface area contributed by atoms with E-state index in [4.69, 9.17) is 19.2 Å². The molecule has 0 rings (SSSR count). The SMILES string of the molecule is O=P([O-])([O-])[O-].[H-].[K+].[K+].[K+].[K+]. The zero-order chi connectivity index (χ0) is 4.50. The zero-order valence-electron chi connectivity index (χ0n) is 7.08. The number of hydrogen-bond donors (Lipinski definition) is 0. The van der Waals surface area contributed by atoms with Crippen LogP contribution in [-0.2, 0) is 4.57 Å². The van der Waals surface area contributed by atoms with Crippen molar-refractivity contribution in [2.45, 2.75) is 0 Å². The summed E-state index contributed by atoms with van der Waals surface area (Å²) in [5, 5.41) is 0. The monoisotopic (exact) mass is 252 g/mol. The molecule has 0 radical (unpaired) electrons. The summed E-state index contributed by atoms with van der Waals surface area (Å²) >= 11 is 0. The van der Waals surface area contributed by atoms with Gasteiger partial charge in [0, 0.05) is 0 Å². The molecule has 34 valence electrons. The largest absolute Gasteiger partial charge is 1.00 e. The van der Waals surface area contributed by atoms with Crippen LogP contribution in [0.4, 0.5) is 0 Å². The van der Waals surface area contributed by atoms with Gasteiger partial charge in [0.15, 0.2) is 0 Å². The van der Waals surface area contributed by atoms with Crippen molar-refractivity contribution < 1.29 is 226 Å². The predicted octanol–water partition coefficient (Wildman–Crippen LogP) is -14.7. The fourth-order valence-corrected chi connectivity index (χ4v) is 0. The van der Waals surface area contributed by atoms with Gasteiger partial charge in [-0.2, -0.15) is 7.82 Å². The summed E-state index contributed by atoms with van der Waals surface area (Å²) in [6, 6.07) is 0. The van der Waals surface area contributed by atoms with Crippen molar-refractivity contribution in [3.63, 3.8) is 0 Å². The van der Waals surface area contributed by atoms with Crippen LogP contribution in [0.2, 0.25) is 0 Å². The second-order valence-corrected chi connectivity index (χ2v) is 1.34. The molecule has 0 unspecified atom stereocenters. The first-order chi connectivity index (χ1) is 2.00. The molecule has 0 amide bonds. The normalized spacial score (nSPS) is 6.56. The van der Waals surface area contributed by atoms with Gasteiger partial charge in [-0.1, -0.05) is 0 Å². The minimum atomic E-state index is -5.39. The summed E-state index contributed by atoms with van der Waals surface area (Å²) in [5.74, 6) is 0. The van der Waals surface area contributed by atoms with Crippen LogP contribution in [0.3, 0.4) is 0 Å². The van der Waals surface area contributed by atoms with E-state index < -0.39 is 7.82 Å². The first-order valence-electron chi connectivity index (χ1n) is 0.730. The Morgan fingerprint density at radius 1 is 0.889 bits per heavy atom. The fraction of sp³-hybridized carbons (Fsp3) is 0. The fourth-order valence-electron chi connectivity index (χ4n) is 0. The summed E-state index contributed by atoms with van der Waals surface area (Å²) in [7, 11) is -5.39. The molecule has 0 aliphatic carbocycles. The summed E-state index contributed by atoms with van der Waals surface area (Å²) in [4.78, 5) is 25.6. The van der Waals surface area contributed by atoms with Crippen molar-refractivity contribution in [3.8, 4) is 0 Å². The van der Waals surface area contributed by atoms with Crippen LogP contribution in [0.25, 0.3) is 0 Å². The van der Waals surface area contributed by atoms with E-state index in [0.717, 1.165) is 0 Å². The minimum Gasteiger partial charge on any atom is -1.00 e. The van der Waals surface area contributed by atoms with Gasteiger partial charge >= 0.3 is 206 Å². The number of hydrogen-bond acceptors (Lipinski definition) is 4. The first-order valence-corrected chi connectivity index (χ1v) is 2.19. The Morgan fingerprint density at radius 2 is 0.889 bits per heavy atom. The molecule has 0 aliphatic rings. The van der Waals surface area contributed by atoms with Gasteiger partial charge in [-0.05, 0) is 0 Å². The van der Waals surface area contributed by atoms with Crippen LogP contribution in [0.1, 0.15) is 1.43 Å². The molecule has 0 bridgehead atoms. The number of rotatable bonds is 0. The van der Waals surface area contributed by atoms with E-state index in [9.17, 15) is 0 Å². The average Bonchev–Trinajstić information content (AvgIpc) is 0.722. The van der Waals surface area contributed by atoms with Gasteiger partial charge in [-0.25, -0.2) is 0 Å². The van der Waals surface area contributed by atoms with Gasteiger partial charge in [0.2, 0.25) is 0 Å². The van der Waals surface area contributed by atoms with E-state index in [1.165, 1.54) is 0 Å². The first kappa shape index (κ1) is 29.6. The molecule has 0 aromatic heterocycles. The van der Waals surface area contributed by atoms with Crippen molar-refractivity contribution in [2.75, 3.05) is 0 Å². The van der Waals surface area contributed by atoms with Crippen LogP contribution < -0.4 is 220 Å². The van der Waals surface area contributed by atoms with Crippen LogP contribution in [0, 0.1) is 0 Å². The van der Waals surface area contributed by atoms with Crippen LogP contribution in [0.15, 0.2) is 0 Å². The molecule has 9 heteroatoms. The van der Waals surface area contributed by atoms with Crippen molar-refractivity contribution in [2.24, 2.45) is 0 Å². The van der Waals surface area contributed by atoms with Gasteiger partial charge in [-0.15, -0.1) is 0 Å². The maximum atomic E-state index is 8.55. The van der Waals surface area contributed by atoms with Gasteiger partial charge in [0.05, 0.1) is 0 Å². The molecule has 0 heterocycles. The van der Waals surface area contributed by atoms with Crippen molar-refractivity contribution >= 4 is 7.82 Å². The van der Waals surface area contributed by atoms with Crippen LogP contribution in [-0.4, -0.2) is 0 Å². The molecule has 0 saturated heterocycles. The van der Waals surface area contributed by atoms with Gasteiger partial charge in [0.25, 0.3) is 0 Å². The van der Waals surface area contributed by atoms with Gasteiger partial charge < -0.3 is 20.7 Å². The molecule has 0 spiro atoms. The van der Waals surface area contributed by atoms with Crippen LogP contribution in [0.5, 0.6) is 0 Å². The molecule has 0 N–H and O–H groups in total. The zero-order valence-corrected chi connectivity index (χ0v) is 19.5. The Hall–Kier alpha value is 6.66. The molecule has 0 aliphatic heterocycles. The Balaban J connectivity index is -0.00000000800. The molecule has 4 nitrogen and oxygen atoms in total. The van der Waals surface area contributed by atoms with E-state index in [2.05, 4.69) is 0 Å². The molecular weight excluding hydrogens is 251 g/mol. The maximum absolute atomic E-state index is 8.55. The second-order valence-electron chi connectivity index (χ2n) is 0.447. The Morgan fingerprint density at radius 3 is 0.889 bits per heavy atom. The van der Waals surface area contributed by atoms with E-state index in [-0.39, 0.29) is 207 Å². The van der Waals surface area contributed by atoms with E-state index >= 15 is 0 Å². The predicted molar refractivity (Wildman–Crippen MR) is 8.72 cm³/mol. The van der Waals surface area contributed by atoms with Crippen molar-refractivity contribution in [1.29, 1.82) is 0 Å². The third kappa shape index (κ3) is 53.0. The van der Waals surface area contributed by atoms with E-state index in [1.54, 1.807) is 0 Å². The second kappa shape index (κ2) is 17.1. The Kier molecular flexibility index (Phi) is 56.1. The van der Waals surface area contributed by atoms with Crippen LogP contribution >= 0.6 is 7.82 Å². The van der Waals surface area contributed by atoms with E-state index in [1.807, 2.05) is 0 Å². The smallest absolute Gasteiger partial charge is 1.00 e. The summed E-state index contributed by atoms with van der Waals surface area (Å²) < 4.78 is 8.55. The van der Waals surface area contributed by atoms with Gasteiger partial charge in [-0.3, -0.25) is 0 Å². The summed E-state index contributed by atoms with van der Waals surface area (Å²) in [5.41, 5.74) is 0. The van der Waals surface area contributed by atoms with E-state index in [0.29, 0.717) is 0 Å². The van der Waals surface area contributed by atoms with Crippen molar-refractivity contribution in [1.82, 2.24) is 0 Å². The minimum absolute atomic E-state index is 0. The molecular formula is HK4O4P. The third-order valence-electron chi connectivity index (χ3n) is 0. The molecule has 9 heavy (non-hydrogen) atoms. The standard InChI is InChI=1S/4K.H3O4P.H/c;;;;1-5(2,3)4;/h;;;;(H3,1,2,3,4);/q4*+1;;-1/p-3. The average molecular weight is 252 g/mol. The molecule has 0 aromatic rings. The Labute approximate surface area is 225 Å².